The second-order valence-electron chi connectivity index (χ2n) is 4.34. The zero-order chi connectivity index (χ0) is 14.4. The van der Waals surface area contributed by atoms with Crippen LogP contribution in [0.4, 0.5) is 0 Å². The summed E-state index contributed by atoms with van der Waals surface area (Å²) in [6.45, 7) is -0.0153. The molecule has 1 aromatic carbocycles. The van der Waals surface area contributed by atoms with Crippen molar-refractivity contribution >= 4 is 11.8 Å². The predicted molar refractivity (Wildman–Crippen MR) is 71.5 cm³/mol. The van der Waals surface area contributed by atoms with Crippen molar-refractivity contribution in [1.82, 2.24) is 10.2 Å². The van der Waals surface area contributed by atoms with Crippen LogP contribution in [0.25, 0.3) is 0 Å². The summed E-state index contributed by atoms with van der Waals surface area (Å²) in [7, 11) is 3.05. The number of amides is 2. The molecule has 0 radical (unpaired) electrons. The molecule has 0 aliphatic carbocycles. The molecule has 0 bridgehead atoms. The van der Waals surface area contributed by atoms with Gasteiger partial charge in [-0.2, -0.15) is 0 Å². The molecule has 0 aliphatic heterocycles. The topological polar surface area (TPSA) is 95.7 Å². The summed E-state index contributed by atoms with van der Waals surface area (Å²) in [6, 6.07) is 5.79. The fourth-order valence-electron chi connectivity index (χ4n) is 1.63. The lowest BCUT2D eigenvalue weighted by molar-refractivity contribution is -0.135. The zero-order valence-electron chi connectivity index (χ0n) is 11.1. The van der Waals surface area contributed by atoms with Crippen LogP contribution in [0, 0.1) is 0 Å². The number of hydrogen-bond acceptors (Lipinski definition) is 4. The number of carbonyl (C=O) groups is 2. The molecule has 0 aromatic heterocycles. The predicted octanol–water partition coefficient (Wildman–Crippen LogP) is -0.534. The van der Waals surface area contributed by atoms with E-state index in [1.165, 1.54) is 19.0 Å². The quantitative estimate of drug-likeness (QED) is 0.666. The maximum absolute atomic E-state index is 11.9. The lowest BCUT2D eigenvalue weighted by Crippen LogP contribution is -2.46. The van der Waals surface area contributed by atoms with Crippen molar-refractivity contribution in [3.8, 4) is 5.75 Å². The van der Waals surface area contributed by atoms with Crippen molar-refractivity contribution in [2.24, 2.45) is 5.73 Å². The van der Waals surface area contributed by atoms with Crippen LogP contribution in [0.3, 0.4) is 0 Å². The Kier molecular flexibility index (Phi) is 5.32. The summed E-state index contributed by atoms with van der Waals surface area (Å²) < 4.78 is 0. The van der Waals surface area contributed by atoms with Crippen molar-refractivity contribution in [2.45, 2.75) is 12.5 Å². The highest BCUT2D eigenvalue weighted by molar-refractivity contribution is 5.87. The molecule has 1 unspecified atom stereocenters. The molecule has 2 amide bonds. The molecule has 4 N–H and O–H groups in total. The first kappa shape index (κ1) is 15.0. The molecule has 19 heavy (non-hydrogen) atoms. The number of phenols is 1. The van der Waals surface area contributed by atoms with E-state index in [0.29, 0.717) is 6.42 Å². The molecule has 0 saturated carbocycles. The highest BCUT2D eigenvalue weighted by Crippen LogP contribution is 2.11. The van der Waals surface area contributed by atoms with Gasteiger partial charge < -0.3 is 21.1 Å². The number of nitrogens with one attached hydrogen (secondary N) is 1. The Morgan fingerprint density at radius 3 is 2.47 bits per heavy atom. The number of nitrogens with zero attached hydrogens (tertiary/aromatic N) is 1. The molecule has 0 fully saturated rings. The first-order valence-corrected chi connectivity index (χ1v) is 5.93. The van der Waals surface area contributed by atoms with E-state index in [1.54, 1.807) is 24.3 Å². The van der Waals surface area contributed by atoms with Crippen LogP contribution in [0.5, 0.6) is 5.75 Å². The monoisotopic (exact) mass is 265 g/mol. The molecule has 0 aliphatic rings. The molecule has 104 valence electrons. The average molecular weight is 265 g/mol. The fourth-order valence-corrected chi connectivity index (χ4v) is 1.63. The van der Waals surface area contributed by atoms with Gasteiger partial charge in [-0.3, -0.25) is 9.59 Å². The van der Waals surface area contributed by atoms with Gasteiger partial charge in [0.1, 0.15) is 5.75 Å². The third kappa shape index (κ3) is 4.59. The Hall–Kier alpha value is -2.08. The van der Waals surface area contributed by atoms with E-state index in [4.69, 9.17) is 10.8 Å². The number of phenolic OH excluding ortho intramolecular Hbond substituents is 1. The maximum Gasteiger partial charge on any atom is 0.240 e. The molecule has 6 nitrogen and oxygen atoms in total. The Labute approximate surface area is 112 Å². The first-order valence-electron chi connectivity index (χ1n) is 5.93. The van der Waals surface area contributed by atoms with E-state index in [2.05, 4.69) is 5.32 Å². The minimum Gasteiger partial charge on any atom is -0.508 e. The van der Waals surface area contributed by atoms with E-state index in [1.807, 2.05) is 0 Å². The number of benzene rings is 1. The van der Waals surface area contributed by atoms with Crippen LogP contribution in [-0.2, 0) is 16.0 Å². The van der Waals surface area contributed by atoms with Gasteiger partial charge in [0, 0.05) is 14.1 Å². The number of aromatic hydroxyl groups is 1. The Morgan fingerprint density at radius 2 is 1.95 bits per heavy atom. The molecule has 6 heteroatoms. The van der Waals surface area contributed by atoms with Crippen LogP contribution in [0.15, 0.2) is 24.3 Å². The minimum atomic E-state index is -0.709. The Morgan fingerprint density at radius 1 is 1.37 bits per heavy atom. The van der Waals surface area contributed by atoms with Gasteiger partial charge in [-0.25, -0.2) is 0 Å². The number of rotatable bonds is 5. The minimum absolute atomic E-state index is 0.0153. The smallest absolute Gasteiger partial charge is 0.240 e. The largest absolute Gasteiger partial charge is 0.508 e. The van der Waals surface area contributed by atoms with E-state index in [0.717, 1.165) is 5.56 Å². The van der Waals surface area contributed by atoms with Gasteiger partial charge in [0.15, 0.2) is 0 Å². The number of likely N-dealkylation sites (N-methyl/N-ethyl adjacent to an activating group) is 2. The van der Waals surface area contributed by atoms with Gasteiger partial charge in [-0.1, -0.05) is 12.1 Å². The summed E-state index contributed by atoms with van der Waals surface area (Å²) in [5.74, 6) is -0.371. The molecular weight excluding hydrogens is 246 g/mol. The van der Waals surface area contributed by atoms with E-state index >= 15 is 0 Å². The van der Waals surface area contributed by atoms with E-state index in [-0.39, 0.29) is 24.1 Å². The lowest BCUT2D eigenvalue weighted by Gasteiger charge is -2.20. The second-order valence-corrected chi connectivity index (χ2v) is 4.34. The van der Waals surface area contributed by atoms with Gasteiger partial charge in [0.25, 0.3) is 0 Å². The molecular formula is C13H19N3O3. The lowest BCUT2D eigenvalue weighted by atomic mass is 10.1. The Bertz CT molecular complexity index is 445. The number of nitrogens with two attached hydrogens (primary N) is 1. The van der Waals surface area contributed by atoms with E-state index < -0.39 is 6.04 Å². The fraction of sp³-hybridized carbons (Fsp3) is 0.385. The number of carbonyl (C=O) groups excluding carboxylic acids is 2. The van der Waals surface area contributed by atoms with Gasteiger partial charge in [-0.15, -0.1) is 0 Å². The van der Waals surface area contributed by atoms with Crippen molar-refractivity contribution in [1.29, 1.82) is 0 Å². The van der Waals surface area contributed by atoms with Crippen molar-refractivity contribution in [3.05, 3.63) is 29.8 Å². The van der Waals surface area contributed by atoms with Crippen LogP contribution in [0.1, 0.15) is 5.56 Å². The first-order chi connectivity index (χ1) is 8.93. The summed E-state index contributed by atoms with van der Waals surface area (Å²) in [6.07, 6.45) is 0.358. The van der Waals surface area contributed by atoms with Crippen molar-refractivity contribution in [3.63, 3.8) is 0 Å². The molecule has 0 heterocycles. The average Bonchev–Trinajstić information content (AvgIpc) is 2.40. The second kappa shape index (κ2) is 6.75. The SMILES string of the molecule is CNC(=O)CN(C)C(=O)C(N)Cc1ccc(O)cc1. The molecule has 1 rings (SSSR count). The highest BCUT2D eigenvalue weighted by Gasteiger charge is 2.19. The maximum atomic E-state index is 11.9. The van der Waals surface area contributed by atoms with Crippen molar-refractivity contribution < 1.29 is 14.7 Å². The number of hydrogen-bond donors (Lipinski definition) is 3. The zero-order valence-corrected chi connectivity index (χ0v) is 11.1. The molecule has 0 spiro atoms. The normalized spacial score (nSPS) is 11.7. The third-order valence-corrected chi connectivity index (χ3v) is 2.74. The van der Waals surface area contributed by atoms with Gasteiger partial charge in [-0.05, 0) is 24.1 Å². The van der Waals surface area contributed by atoms with Gasteiger partial charge in [0.2, 0.25) is 11.8 Å². The third-order valence-electron chi connectivity index (χ3n) is 2.74. The summed E-state index contributed by atoms with van der Waals surface area (Å²) in [5.41, 5.74) is 6.67. The Balaban J connectivity index is 2.57. The van der Waals surface area contributed by atoms with Crippen LogP contribution in [-0.4, -0.2) is 48.5 Å². The van der Waals surface area contributed by atoms with Gasteiger partial charge in [0.05, 0.1) is 12.6 Å². The van der Waals surface area contributed by atoms with Gasteiger partial charge >= 0.3 is 0 Å². The van der Waals surface area contributed by atoms with Crippen LogP contribution in [0.2, 0.25) is 0 Å². The standard InChI is InChI=1S/C13H19N3O3/c1-15-12(18)8-16(2)13(19)11(14)7-9-3-5-10(17)6-4-9/h3-6,11,17H,7-8,14H2,1-2H3,(H,15,18). The summed E-state index contributed by atoms with van der Waals surface area (Å²) >= 11 is 0. The summed E-state index contributed by atoms with van der Waals surface area (Å²) in [5, 5.41) is 11.6. The molecule has 1 aromatic rings. The highest BCUT2D eigenvalue weighted by atomic mass is 16.3. The molecule has 1 atom stereocenters. The van der Waals surface area contributed by atoms with Crippen LogP contribution < -0.4 is 11.1 Å². The van der Waals surface area contributed by atoms with E-state index in [9.17, 15) is 9.59 Å². The summed E-state index contributed by atoms with van der Waals surface area (Å²) in [4.78, 5) is 24.4. The van der Waals surface area contributed by atoms with Crippen LogP contribution >= 0.6 is 0 Å². The molecule has 0 saturated heterocycles. The van der Waals surface area contributed by atoms with Crippen molar-refractivity contribution in [2.75, 3.05) is 20.6 Å².